The van der Waals surface area contributed by atoms with Gasteiger partial charge in [-0.2, -0.15) is 0 Å². The van der Waals surface area contributed by atoms with Crippen LogP contribution in [-0.2, 0) is 4.79 Å². The van der Waals surface area contributed by atoms with Crippen molar-refractivity contribution in [2.75, 3.05) is 5.32 Å². The lowest BCUT2D eigenvalue weighted by molar-refractivity contribution is -0.117. The standard InChI is InChI=1S/C19H22N4O.2ClH/c1-12(2)10-15(20)19(24)21-14-7-5-6-13(11-14)18-22-16-8-3-4-9-17(16)23-18;;/h3-9,11-12,15H,10,20H2,1-2H3,(H,21,24)(H,22,23);2*1H/t15-;;/m0../s1. The summed E-state index contributed by atoms with van der Waals surface area (Å²) in [6, 6.07) is 15.0. The van der Waals surface area contributed by atoms with Crippen LogP contribution in [0.3, 0.4) is 0 Å². The minimum absolute atomic E-state index is 0. The molecule has 1 heterocycles. The van der Waals surface area contributed by atoms with Gasteiger partial charge in [-0.25, -0.2) is 4.98 Å². The highest BCUT2D eigenvalue weighted by Crippen LogP contribution is 2.23. The Hall–Kier alpha value is -2.08. The van der Waals surface area contributed by atoms with Crippen LogP contribution in [0.1, 0.15) is 20.3 Å². The van der Waals surface area contributed by atoms with Gasteiger partial charge in [-0.3, -0.25) is 4.79 Å². The molecule has 0 saturated heterocycles. The zero-order chi connectivity index (χ0) is 17.1. The van der Waals surface area contributed by atoms with Crippen molar-refractivity contribution in [1.29, 1.82) is 0 Å². The molecule has 0 aliphatic rings. The molecule has 4 N–H and O–H groups in total. The summed E-state index contributed by atoms with van der Waals surface area (Å²) in [5.74, 6) is 0.997. The molecule has 0 fully saturated rings. The minimum Gasteiger partial charge on any atom is -0.338 e. The Labute approximate surface area is 165 Å². The molecule has 0 spiro atoms. The summed E-state index contributed by atoms with van der Waals surface area (Å²) in [4.78, 5) is 20.1. The Kier molecular flexibility index (Phi) is 8.08. The molecule has 2 aromatic carbocycles. The van der Waals surface area contributed by atoms with Gasteiger partial charge in [0.2, 0.25) is 5.91 Å². The summed E-state index contributed by atoms with van der Waals surface area (Å²) in [6.45, 7) is 4.10. The fraction of sp³-hybridized carbons (Fsp3) is 0.263. The first-order valence-corrected chi connectivity index (χ1v) is 8.14. The average Bonchev–Trinajstić information content (AvgIpc) is 2.98. The smallest absolute Gasteiger partial charge is 0.241 e. The Balaban J connectivity index is 0.00000169. The van der Waals surface area contributed by atoms with Crippen LogP contribution in [0.5, 0.6) is 0 Å². The van der Waals surface area contributed by atoms with E-state index in [0.29, 0.717) is 12.3 Å². The van der Waals surface area contributed by atoms with E-state index < -0.39 is 6.04 Å². The lowest BCUT2D eigenvalue weighted by Crippen LogP contribution is -2.36. The lowest BCUT2D eigenvalue weighted by atomic mass is 10.0. The first kappa shape index (κ1) is 22.0. The molecule has 5 nitrogen and oxygen atoms in total. The number of fused-ring (bicyclic) bond motifs is 1. The second-order valence-electron chi connectivity index (χ2n) is 6.41. The predicted molar refractivity (Wildman–Crippen MR) is 112 cm³/mol. The Morgan fingerprint density at radius 3 is 2.58 bits per heavy atom. The third-order valence-electron chi connectivity index (χ3n) is 3.86. The SMILES string of the molecule is CC(C)C[C@H](N)C(=O)Nc1cccc(-c2nc3ccccc3[nH]2)c1.Cl.Cl. The number of nitrogens with zero attached hydrogens (tertiary/aromatic N) is 1. The first-order valence-electron chi connectivity index (χ1n) is 8.14. The number of rotatable bonds is 5. The van der Waals surface area contributed by atoms with Crippen LogP contribution >= 0.6 is 24.8 Å². The number of imidazole rings is 1. The van der Waals surface area contributed by atoms with Crippen molar-refractivity contribution in [3.05, 3.63) is 48.5 Å². The number of hydrogen-bond donors (Lipinski definition) is 3. The molecule has 0 bridgehead atoms. The van der Waals surface area contributed by atoms with Crippen LogP contribution < -0.4 is 11.1 Å². The van der Waals surface area contributed by atoms with Gasteiger partial charge in [-0.15, -0.1) is 24.8 Å². The highest BCUT2D eigenvalue weighted by Gasteiger charge is 2.15. The van der Waals surface area contributed by atoms with Gasteiger partial charge in [0.25, 0.3) is 0 Å². The van der Waals surface area contributed by atoms with Crippen molar-refractivity contribution in [1.82, 2.24) is 9.97 Å². The fourth-order valence-corrected chi connectivity index (χ4v) is 2.68. The molecule has 0 saturated carbocycles. The maximum atomic E-state index is 12.2. The van der Waals surface area contributed by atoms with Crippen LogP contribution in [0, 0.1) is 5.92 Å². The monoisotopic (exact) mass is 394 g/mol. The van der Waals surface area contributed by atoms with E-state index in [-0.39, 0.29) is 30.7 Å². The second kappa shape index (κ2) is 9.57. The van der Waals surface area contributed by atoms with Gasteiger partial charge in [0.05, 0.1) is 17.1 Å². The van der Waals surface area contributed by atoms with Gasteiger partial charge in [0, 0.05) is 11.3 Å². The Morgan fingerprint density at radius 2 is 1.88 bits per heavy atom. The van der Waals surface area contributed by atoms with Crippen molar-refractivity contribution < 1.29 is 4.79 Å². The third kappa shape index (κ3) is 5.21. The third-order valence-corrected chi connectivity index (χ3v) is 3.86. The van der Waals surface area contributed by atoms with E-state index in [1.807, 2.05) is 48.5 Å². The molecule has 0 aliphatic carbocycles. The number of carbonyl (C=O) groups is 1. The number of H-pyrrole nitrogens is 1. The van der Waals surface area contributed by atoms with E-state index in [9.17, 15) is 4.79 Å². The summed E-state index contributed by atoms with van der Waals surface area (Å²) in [6.07, 6.45) is 0.662. The van der Waals surface area contributed by atoms with Gasteiger partial charge >= 0.3 is 0 Å². The summed E-state index contributed by atoms with van der Waals surface area (Å²) >= 11 is 0. The number of para-hydroxylation sites is 2. The maximum Gasteiger partial charge on any atom is 0.241 e. The van der Waals surface area contributed by atoms with Crippen molar-refractivity contribution in [3.63, 3.8) is 0 Å². The van der Waals surface area contributed by atoms with E-state index in [1.165, 1.54) is 0 Å². The number of nitrogens with one attached hydrogen (secondary N) is 2. The Morgan fingerprint density at radius 1 is 1.15 bits per heavy atom. The summed E-state index contributed by atoms with van der Waals surface area (Å²) in [7, 11) is 0. The number of amides is 1. The van der Waals surface area contributed by atoms with E-state index in [2.05, 4.69) is 29.1 Å². The van der Waals surface area contributed by atoms with E-state index >= 15 is 0 Å². The number of hydrogen-bond acceptors (Lipinski definition) is 3. The first-order chi connectivity index (χ1) is 11.5. The number of halogens is 2. The quantitative estimate of drug-likeness (QED) is 0.599. The van der Waals surface area contributed by atoms with Gasteiger partial charge in [-0.05, 0) is 36.6 Å². The summed E-state index contributed by atoms with van der Waals surface area (Å²) in [5.41, 5.74) is 9.48. The number of aromatic nitrogens is 2. The molecule has 3 rings (SSSR count). The van der Waals surface area contributed by atoms with E-state index in [4.69, 9.17) is 5.73 Å². The average molecular weight is 395 g/mol. The molecule has 7 heteroatoms. The molecule has 140 valence electrons. The summed E-state index contributed by atoms with van der Waals surface area (Å²) in [5, 5.41) is 2.89. The number of nitrogens with two attached hydrogens (primary N) is 1. The molecule has 3 aromatic rings. The summed E-state index contributed by atoms with van der Waals surface area (Å²) < 4.78 is 0. The van der Waals surface area contributed by atoms with E-state index in [0.717, 1.165) is 28.1 Å². The topological polar surface area (TPSA) is 83.8 Å². The molecule has 0 aliphatic heterocycles. The zero-order valence-corrected chi connectivity index (χ0v) is 16.4. The molecule has 1 atom stereocenters. The molecule has 26 heavy (non-hydrogen) atoms. The van der Waals surface area contributed by atoms with Gasteiger partial charge in [0.1, 0.15) is 5.82 Å². The Bertz CT molecular complexity index is 830. The van der Waals surface area contributed by atoms with Crippen molar-refractivity contribution in [3.8, 4) is 11.4 Å². The van der Waals surface area contributed by atoms with Crippen LogP contribution in [0.2, 0.25) is 0 Å². The molecular formula is C19H24Cl2N4O. The second-order valence-corrected chi connectivity index (χ2v) is 6.41. The predicted octanol–water partition coefficient (Wildman–Crippen LogP) is 4.39. The highest BCUT2D eigenvalue weighted by molar-refractivity contribution is 5.95. The van der Waals surface area contributed by atoms with Crippen molar-refractivity contribution in [2.45, 2.75) is 26.3 Å². The minimum atomic E-state index is -0.500. The number of benzene rings is 2. The van der Waals surface area contributed by atoms with Crippen LogP contribution in [-0.4, -0.2) is 21.9 Å². The highest BCUT2D eigenvalue weighted by atomic mass is 35.5. The molecule has 0 unspecified atom stereocenters. The zero-order valence-electron chi connectivity index (χ0n) is 14.7. The van der Waals surface area contributed by atoms with E-state index in [1.54, 1.807) is 0 Å². The van der Waals surface area contributed by atoms with Crippen LogP contribution in [0.4, 0.5) is 5.69 Å². The molecule has 1 aromatic heterocycles. The normalized spacial score (nSPS) is 11.5. The van der Waals surface area contributed by atoms with Gasteiger partial charge in [0.15, 0.2) is 0 Å². The molecule has 0 radical (unpaired) electrons. The fourth-order valence-electron chi connectivity index (χ4n) is 2.68. The number of carbonyl (C=O) groups excluding carboxylic acids is 1. The number of anilines is 1. The number of aromatic amines is 1. The van der Waals surface area contributed by atoms with Crippen molar-refractivity contribution in [2.24, 2.45) is 11.7 Å². The van der Waals surface area contributed by atoms with Crippen molar-refractivity contribution >= 4 is 47.4 Å². The van der Waals surface area contributed by atoms with Gasteiger partial charge in [-0.1, -0.05) is 38.1 Å². The van der Waals surface area contributed by atoms with Crippen LogP contribution in [0.15, 0.2) is 48.5 Å². The maximum absolute atomic E-state index is 12.2. The lowest BCUT2D eigenvalue weighted by Gasteiger charge is -2.14. The van der Waals surface area contributed by atoms with Crippen LogP contribution in [0.25, 0.3) is 22.4 Å². The molecule has 1 amide bonds. The molecular weight excluding hydrogens is 371 g/mol. The van der Waals surface area contributed by atoms with Gasteiger partial charge < -0.3 is 16.0 Å². The largest absolute Gasteiger partial charge is 0.338 e.